The monoisotopic (exact) mass is 516 g/mol. The molecule has 204 valence electrons. The normalized spacial score (nSPS) is 20.8. The average Bonchev–Trinajstić information content (AvgIpc) is 3.08. The Morgan fingerprint density at radius 1 is 1.14 bits per heavy atom. The summed E-state index contributed by atoms with van der Waals surface area (Å²) < 4.78 is 4.93. The molecule has 1 fully saturated rings. The van der Waals surface area contributed by atoms with Gasteiger partial charge in [0.25, 0.3) is 10.2 Å². The largest absolute Gasteiger partial charge is 0.458 e. The zero-order chi connectivity index (χ0) is 26.9. The van der Waals surface area contributed by atoms with Crippen LogP contribution in [0.3, 0.4) is 0 Å². The maximum absolute atomic E-state index is 12.3. The summed E-state index contributed by atoms with van der Waals surface area (Å²) in [5.41, 5.74) is 0. The van der Waals surface area contributed by atoms with Crippen LogP contribution in [-0.2, 0) is 24.0 Å². The van der Waals surface area contributed by atoms with E-state index in [0.717, 1.165) is 19.3 Å². The van der Waals surface area contributed by atoms with Gasteiger partial charge in [0.05, 0.1) is 12.2 Å². The van der Waals surface area contributed by atoms with Crippen molar-refractivity contribution in [3.63, 3.8) is 0 Å². The summed E-state index contributed by atoms with van der Waals surface area (Å²) in [6.07, 6.45) is 9.27. The highest BCUT2D eigenvalue weighted by Crippen LogP contribution is 2.33. The second kappa shape index (κ2) is 17.4. The Bertz CT molecular complexity index is 753. The first-order chi connectivity index (χ1) is 17.1. The Labute approximate surface area is 209 Å². The molecule has 2 N–H and O–H groups in total. The molecule has 4 atom stereocenters. The average molecular weight is 517 g/mol. The first kappa shape index (κ1) is 31.0. The van der Waals surface area contributed by atoms with E-state index in [9.17, 15) is 40.0 Å². The van der Waals surface area contributed by atoms with Crippen LogP contribution in [0.5, 0.6) is 0 Å². The number of unbranched alkanes of at least 4 members (excludes halogenated alkanes) is 3. The predicted molar refractivity (Wildman–Crippen MR) is 125 cm³/mol. The zero-order valence-electron chi connectivity index (χ0n) is 20.4. The zero-order valence-corrected chi connectivity index (χ0v) is 20.4. The highest BCUT2D eigenvalue weighted by molar-refractivity contribution is 5.84. The van der Waals surface area contributed by atoms with Gasteiger partial charge in [-0.1, -0.05) is 50.5 Å². The number of ketones is 1. The summed E-state index contributed by atoms with van der Waals surface area (Å²) >= 11 is 0. The number of esters is 1. The van der Waals surface area contributed by atoms with Gasteiger partial charge in [-0.15, -0.1) is 20.2 Å². The maximum atomic E-state index is 12.3. The third-order valence-corrected chi connectivity index (χ3v) is 5.73. The highest BCUT2D eigenvalue weighted by atomic mass is 17.0. The Hall–Kier alpha value is -3.06. The molecule has 1 saturated carbocycles. The summed E-state index contributed by atoms with van der Waals surface area (Å²) in [6.45, 7) is 0.690. The molecule has 0 saturated heterocycles. The Morgan fingerprint density at radius 2 is 1.81 bits per heavy atom. The van der Waals surface area contributed by atoms with E-state index < -0.39 is 47.7 Å². The van der Waals surface area contributed by atoms with Crippen molar-refractivity contribution < 1.29 is 44.4 Å². The molecule has 0 aromatic heterocycles. The molecule has 0 amide bonds. The third-order valence-electron chi connectivity index (χ3n) is 5.73. The van der Waals surface area contributed by atoms with Gasteiger partial charge in [0.1, 0.15) is 25.1 Å². The molecule has 0 aromatic rings. The quantitative estimate of drug-likeness (QED) is 0.0843. The fourth-order valence-corrected chi connectivity index (χ4v) is 3.86. The number of hydrogen-bond donors (Lipinski definition) is 2. The van der Waals surface area contributed by atoms with Crippen LogP contribution < -0.4 is 0 Å². The van der Waals surface area contributed by atoms with Crippen molar-refractivity contribution in [1.29, 1.82) is 0 Å². The van der Waals surface area contributed by atoms with E-state index in [2.05, 4.69) is 16.6 Å². The first-order valence-corrected chi connectivity index (χ1v) is 12.1. The van der Waals surface area contributed by atoms with Crippen LogP contribution in [-0.4, -0.2) is 63.7 Å². The summed E-state index contributed by atoms with van der Waals surface area (Å²) in [4.78, 5) is 53.0. The lowest BCUT2D eigenvalue weighted by atomic mass is 9.90. The Morgan fingerprint density at radius 3 is 2.42 bits per heavy atom. The third kappa shape index (κ3) is 13.1. The molecule has 0 bridgehead atoms. The van der Waals surface area contributed by atoms with Crippen molar-refractivity contribution in [3.05, 3.63) is 44.5 Å². The number of nitrogens with zero attached hydrogens (tertiary/aromatic N) is 2. The van der Waals surface area contributed by atoms with Crippen LogP contribution in [0.1, 0.15) is 64.7 Å². The lowest BCUT2D eigenvalue weighted by molar-refractivity contribution is -0.768. The molecule has 2 unspecified atom stereocenters. The van der Waals surface area contributed by atoms with Crippen molar-refractivity contribution in [1.82, 2.24) is 0 Å². The molecular formula is C23H36N2O11. The van der Waals surface area contributed by atoms with Gasteiger partial charge in [-0.2, -0.15) is 0 Å². The maximum Gasteiger partial charge on any atom is 0.306 e. The van der Waals surface area contributed by atoms with Crippen molar-refractivity contribution in [2.45, 2.75) is 83.0 Å². The fourth-order valence-electron chi connectivity index (χ4n) is 3.86. The summed E-state index contributed by atoms with van der Waals surface area (Å²) in [5, 5.41) is 38.7. The van der Waals surface area contributed by atoms with Gasteiger partial charge >= 0.3 is 5.97 Å². The molecule has 0 aromatic carbocycles. The standard InChI is InChI=1S/C23H36N2O11/c1-2-3-6-9-17(26)12-13-20-19(21(27)14-22(20)28)10-7-4-5-8-11-23(29)36-18(15-34-24(30)31)16-35-25(32)33/h4,7,12-13,17-20,22,26,28H,2-3,5-6,8-11,14-16H2,1H3/b7-4-,13-12+/t17-,19?,20?,22+/m0/s1. The van der Waals surface area contributed by atoms with Crippen LogP contribution in [0.2, 0.25) is 0 Å². The van der Waals surface area contributed by atoms with Gasteiger partial charge in [-0.3, -0.25) is 9.59 Å². The Balaban J connectivity index is 2.43. The number of aliphatic hydroxyl groups excluding tert-OH is 2. The van der Waals surface area contributed by atoms with Crippen molar-refractivity contribution in [2.75, 3.05) is 13.2 Å². The molecule has 0 spiro atoms. The summed E-state index contributed by atoms with van der Waals surface area (Å²) in [6, 6.07) is 0. The van der Waals surface area contributed by atoms with E-state index in [4.69, 9.17) is 4.74 Å². The molecule has 13 nitrogen and oxygen atoms in total. The van der Waals surface area contributed by atoms with E-state index in [-0.39, 0.29) is 30.5 Å². The lowest BCUT2D eigenvalue weighted by Crippen LogP contribution is -2.30. The Kier molecular flexibility index (Phi) is 15.0. The molecule has 1 aliphatic rings. The summed E-state index contributed by atoms with van der Waals surface area (Å²) in [7, 11) is 0. The molecule has 36 heavy (non-hydrogen) atoms. The van der Waals surface area contributed by atoms with Crippen LogP contribution in [0.15, 0.2) is 24.3 Å². The molecule has 0 heterocycles. The van der Waals surface area contributed by atoms with E-state index in [1.54, 1.807) is 18.2 Å². The number of carbonyl (C=O) groups excluding carboxylic acids is 2. The van der Waals surface area contributed by atoms with Crippen LogP contribution in [0.25, 0.3) is 0 Å². The number of carbonyl (C=O) groups is 2. The molecular weight excluding hydrogens is 480 g/mol. The number of allylic oxidation sites excluding steroid dienone is 2. The second-order valence-corrected chi connectivity index (χ2v) is 8.62. The number of rotatable bonds is 19. The fraction of sp³-hybridized carbons (Fsp3) is 0.739. The molecule has 0 aliphatic heterocycles. The second-order valence-electron chi connectivity index (χ2n) is 8.62. The molecule has 0 radical (unpaired) electrons. The van der Waals surface area contributed by atoms with E-state index in [0.29, 0.717) is 25.7 Å². The van der Waals surface area contributed by atoms with E-state index in [1.807, 2.05) is 6.08 Å². The summed E-state index contributed by atoms with van der Waals surface area (Å²) in [5.74, 6) is -1.50. The minimum absolute atomic E-state index is 0.0363. The highest BCUT2D eigenvalue weighted by Gasteiger charge is 2.39. The molecule has 1 aliphatic carbocycles. The van der Waals surface area contributed by atoms with Gasteiger partial charge in [0.15, 0.2) is 0 Å². The number of ether oxygens (including phenoxy) is 1. The van der Waals surface area contributed by atoms with E-state index >= 15 is 0 Å². The first-order valence-electron chi connectivity index (χ1n) is 12.1. The van der Waals surface area contributed by atoms with Gasteiger partial charge in [0.2, 0.25) is 0 Å². The van der Waals surface area contributed by atoms with Crippen LogP contribution >= 0.6 is 0 Å². The number of aliphatic hydroxyl groups is 2. The lowest BCUT2D eigenvalue weighted by Gasteiger charge is -2.16. The van der Waals surface area contributed by atoms with E-state index in [1.165, 1.54) is 0 Å². The van der Waals surface area contributed by atoms with Crippen molar-refractivity contribution in [2.24, 2.45) is 11.8 Å². The minimum Gasteiger partial charge on any atom is -0.458 e. The predicted octanol–water partition coefficient (Wildman–Crippen LogP) is 2.49. The van der Waals surface area contributed by atoms with Gasteiger partial charge in [-0.25, -0.2) is 0 Å². The number of hydrogen-bond acceptors (Lipinski definition) is 11. The van der Waals surface area contributed by atoms with Gasteiger partial charge in [0, 0.05) is 24.7 Å². The van der Waals surface area contributed by atoms with Crippen LogP contribution in [0.4, 0.5) is 0 Å². The SMILES string of the molecule is CCCCC[C@H](O)/C=C/C1C(C/C=C\CCCC(=O)OC(CO[N+](=O)[O-])CO[N+](=O)[O-])C(=O)C[C@H]1O. The number of Topliss-reactive ketones (excluding diaryl/α,β-unsaturated/α-hetero) is 1. The molecule has 13 heteroatoms. The molecule has 1 rings (SSSR count). The van der Waals surface area contributed by atoms with Gasteiger partial charge in [-0.05, 0) is 25.7 Å². The van der Waals surface area contributed by atoms with Crippen molar-refractivity contribution >= 4 is 11.8 Å². The van der Waals surface area contributed by atoms with Gasteiger partial charge < -0.3 is 24.6 Å². The van der Waals surface area contributed by atoms with Crippen molar-refractivity contribution in [3.8, 4) is 0 Å². The topological polar surface area (TPSA) is 189 Å². The minimum atomic E-state index is -1.31. The van der Waals surface area contributed by atoms with Crippen LogP contribution in [0, 0.1) is 32.1 Å². The smallest absolute Gasteiger partial charge is 0.306 e.